The first-order valence-electron chi connectivity index (χ1n) is 7.68. The van der Waals surface area contributed by atoms with E-state index in [0.717, 1.165) is 11.1 Å². The largest absolute Gasteiger partial charge is 0.465 e. The molecule has 3 rings (SSSR count). The highest BCUT2D eigenvalue weighted by Crippen LogP contribution is 2.21. The third-order valence-corrected chi connectivity index (χ3v) is 3.69. The van der Waals surface area contributed by atoms with Crippen LogP contribution < -0.4 is 5.32 Å². The Morgan fingerprint density at radius 3 is 1.96 bits per heavy atom. The number of hydrogen-bond acceptors (Lipinski definition) is 4. The smallest absolute Gasteiger partial charge is 0.337 e. The van der Waals surface area contributed by atoms with Crippen LogP contribution in [0.4, 0.5) is 5.82 Å². The predicted molar refractivity (Wildman–Crippen MR) is 95.4 cm³/mol. The number of nitrogens with one attached hydrogen (secondary N) is 1. The van der Waals surface area contributed by atoms with Gasteiger partial charge in [-0.1, -0.05) is 30.3 Å². The Morgan fingerprint density at radius 2 is 1.44 bits per heavy atom. The molecule has 3 aromatic rings. The quantitative estimate of drug-likeness (QED) is 0.738. The molecule has 0 spiro atoms. The fourth-order valence-corrected chi connectivity index (χ4v) is 2.36. The van der Waals surface area contributed by atoms with Crippen LogP contribution in [0.1, 0.15) is 20.7 Å². The zero-order chi connectivity index (χ0) is 17.6. The molecule has 124 valence electrons. The van der Waals surface area contributed by atoms with Crippen LogP contribution in [-0.2, 0) is 4.74 Å². The number of pyridine rings is 1. The average molecular weight is 332 g/mol. The van der Waals surface area contributed by atoms with Crippen molar-refractivity contribution < 1.29 is 14.3 Å². The number of aromatic nitrogens is 1. The predicted octanol–water partition coefficient (Wildman–Crippen LogP) is 3.79. The molecule has 0 saturated carbocycles. The summed E-state index contributed by atoms with van der Waals surface area (Å²) in [6.45, 7) is 0. The number of methoxy groups -OCH3 is 1. The monoisotopic (exact) mass is 332 g/mol. The summed E-state index contributed by atoms with van der Waals surface area (Å²) in [6, 6.07) is 19.7. The molecule has 5 heteroatoms. The molecule has 1 aromatic heterocycles. The Morgan fingerprint density at radius 1 is 0.840 bits per heavy atom. The molecule has 0 aliphatic heterocycles. The van der Waals surface area contributed by atoms with Gasteiger partial charge in [0.25, 0.3) is 5.91 Å². The second-order valence-corrected chi connectivity index (χ2v) is 5.32. The number of benzene rings is 2. The molecule has 0 atom stereocenters. The number of hydrogen-bond donors (Lipinski definition) is 1. The summed E-state index contributed by atoms with van der Waals surface area (Å²) in [4.78, 5) is 27.7. The number of amides is 1. The first kappa shape index (κ1) is 16.4. The maximum absolute atomic E-state index is 12.2. The van der Waals surface area contributed by atoms with E-state index in [1.807, 2.05) is 30.3 Å². The maximum atomic E-state index is 12.2. The van der Waals surface area contributed by atoms with Gasteiger partial charge in [-0.3, -0.25) is 4.79 Å². The van der Waals surface area contributed by atoms with Crippen molar-refractivity contribution in [3.63, 3.8) is 0 Å². The van der Waals surface area contributed by atoms with Gasteiger partial charge < -0.3 is 10.1 Å². The van der Waals surface area contributed by atoms with Gasteiger partial charge in [0.15, 0.2) is 0 Å². The number of carbonyl (C=O) groups excluding carboxylic acids is 2. The summed E-state index contributed by atoms with van der Waals surface area (Å²) in [5.74, 6) is -0.0747. The van der Waals surface area contributed by atoms with Gasteiger partial charge in [-0.05, 0) is 47.5 Å². The molecule has 5 nitrogen and oxygen atoms in total. The van der Waals surface area contributed by atoms with Gasteiger partial charge in [-0.25, -0.2) is 9.78 Å². The summed E-state index contributed by atoms with van der Waals surface area (Å²) in [6.07, 6.45) is 1.62. The van der Waals surface area contributed by atoms with Gasteiger partial charge in [-0.2, -0.15) is 0 Å². The molecule has 0 aliphatic rings. The number of carbonyl (C=O) groups is 2. The molecule has 1 N–H and O–H groups in total. The number of esters is 1. The van der Waals surface area contributed by atoms with Crippen LogP contribution in [0.3, 0.4) is 0 Å². The van der Waals surface area contributed by atoms with Gasteiger partial charge in [0.05, 0.1) is 12.7 Å². The molecule has 1 heterocycles. The topological polar surface area (TPSA) is 68.3 Å². The van der Waals surface area contributed by atoms with Crippen molar-refractivity contribution in [1.82, 2.24) is 4.98 Å². The number of anilines is 1. The van der Waals surface area contributed by atoms with E-state index >= 15 is 0 Å². The molecule has 0 bridgehead atoms. The zero-order valence-electron chi connectivity index (χ0n) is 13.6. The molecule has 0 saturated heterocycles. The van der Waals surface area contributed by atoms with E-state index in [2.05, 4.69) is 15.0 Å². The highest BCUT2D eigenvalue weighted by Gasteiger charge is 2.08. The van der Waals surface area contributed by atoms with Crippen LogP contribution in [-0.4, -0.2) is 24.0 Å². The Bertz CT molecular complexity index is 873. The lowest BCUT2D eigenvalue weighted by Gasteiger charge is -2.06. The van der Waals surface area contributed by atoms with Crippen molar-refractivity contribution in [1.29, 1.82) is 0 Å². The molecule has 0 aliphatic carbocycles. The second kappa shape index (κ2) is 7.40. The van der Waals surface area contributed by atoms with Crippen LogP contribution in [0, 0.1) is 0 Å². The fraction of sp³-hybridized carbons (Fsp3) is 0.0500. The number of nitrogens with zero attached hydrogens (tertiary/aromatic N) is 1. The van der Waals surface area contributed by atoms with E-state index in [4.69, 9.17) is 0 Å². The van der Waals surface area contributed by atoms with E-state index < -0.39 is 0 Å². The van der Waals surface area contributed by atoms with Crippen LogP contribution in [0.25, 0.3) is 11.1 Å². The summed E-state index contributed by atoms with van der Waals surface area (Å²) in [5, 5.41) is 2.74. The SMILES string of the molecule is COC(=O)c1ccc(-c2ccc(C(=O)Nc3ccccn3)cc2)cc1. The van der Waals surface area contributed by atoms with Crippen molar-refractivity contribution in [2.75, 3.05) is 12.4 Å². The minimum absolute atomic E-state index is 0.216. The highest BCUT2D eigenvalue weighted by molar-refractivity contribution is 6.04. The Labute approximate surface area is 145 Å². The number of ether oxygens (including phenoxy) is 1. The minimum atomic E-state index is -0.368. The maximum Gasteiger partial charge on any atom is 0.337 e. The summed E-state index contributed by atoms with van der Waals surface area (Å²) >= 11 is 0. The zero-order valence-corrected chi connectivity index (χ0v) is 13.6. The van der Waals surface area contributed by atoms with Gasteiger partial charge in [0.1, 0.15) is 5.82 Å². The molecule has 0 fully saturated rings. The van der Waals surface area contributed by atoms with Crippen molar-refractivity contribution in [3.05, 3.63) is 84.1 Å². The minimum Gasteiger partial charge on any atom is -0.465 e. The van der Waals surface area contributed by atoms with Crippen molar-refractivity contribution >= 4 is 17.7 Å². The molecule has 1 amide bonds. The third kappa shape index (κ3) is 3.90. The molecule has 2 aromatic carbocycles. The van der Waals surface area contributed by atoms with E-state index in [1.165, 1.54) is 7.11 Å². The first-order valence-corrected chi connectivity index (χ1v) is 7.68. The lowest BCUT2D eigenvalue weighted by molar-refractivity contribution is 0.0600. The Balaban J connectivity index is 1.73. The van der Waals surface area contributed by atoms with E-state index in [9.17, 15) is 9.59 Å². The van der Waals surface area contributed by atoms with Crippen LogP contribution >= 0.6 is 0 Å². The summed E-state index contributed by atoms with van der Waals surface area (Å²) in [5.41, 5.74) is 2.94. The van der Waals surface area contributed by atoms with Gasteiger partial charge >= 0.3 is 5.97 Å². The lowest BCUT2D eigenvalue weighted by atomic mass is 10.0. The fourth-order valence-electron chi connectivity index (χ4n) is 2.36. The highest BCUT2D eigenvalue weighted by atomic mass is 16.5. The number of rotatable bonds is 4. The Kier molecular flexibility index (Phi) is 4.85. The molecule has 25 heavy (non-hydrogen) atoms. The molecular weight excluding hydrogens is 316 g/mol. The van der Waals surface area contributed by atoms with Crippen LogP contribution in [0.15, 0.2) is 72.9 Å². The molecule has 0 unspecified atom stereocenters. The van der Waals surface area contributed by atoms with Crippen molar-refractivity contribution in [2.45, 2.75) is 0 Å². The first-order chi connectivity index (χ1) is 12.2. The van der Waals surface area contributed by atoms with Crippen molar-refractivity contribution in [2.24, 2.45) is 0 Å². The lowest BCUT2D eigenvalue weighted by Crippen LogP contribution is -2.12. The van der Waals surface area contributed by atoms with Crippen molar-refractivity contribution in [3.8, 4) is 11.1 Å². The van der Waals surface area contributed by atoms with Gasteiger partial charge in [0.2, 0.25) is 0 Å². The van der Waals surface area contributed by atoms with Crippen LogP contribution in [0.5, 0.6) is 0 Å². The molecular formula is C20H16N2O3. The van der Waals surface area contributed by atoms with Gasteiger partial charge in [0, 0.05) is 11.8 Å². The third-order valence-electron chi connectivity index (χ3n) is 3.69. The van der Waals surface area contributed by atoms with E-state index in [0.29, 0.717) is 16.9 Å². The molecule has 0 radical (unpaired) electrons. The van der Waals surface area contributed by atoms with E-state index in [-0.39, 0.29) is 11.9 Å². The summed E-state index contributed by atoms with van der Waals surface area (Å²) in [7, 11) is 1.35. The average Bonchev–Trinajstić information content (AvgIpc) is 2.68. The second-order valence-electron chi connectivity index (χ2n) is 5.32. The van der Waals surface area contributed by atoms with Gasteiger partial charge in [-0.15, -0.1) is 0 Å². The normalized spacial score (nSPS) is 10.1. The summed E-state index contributed by atoms with van der Waals surface area (Å²) < 4.78 is 4.68. The Hall–Kier alpha value is -3.47. The van der Waals surface area contributed by atoms with E-state index in [1.54, 1.807) is 42.6 Å². The standard InChI is InChI=1S/C20H16N2O3/c1-25-20(24)17-11-7-15(8-12-17)14-5-9-16(10-6-14)19(23)22-18-4-2-3-13-21-18/h2-13H,1H3,(H,21,22,23). The van der Waals surface area contributed by atoms with Crippen LogP contribution in [0.2, 0.25) is 0 Å².